The van der Waals surface area contributed by atoms with E-state index in [1.807, 2.05) is 54.6 Å². The summed E-state index contributed by atoms with van der Waals surface area (Å²) in [6, 6.07) is 14.4. The summed E-state index contributed by atoms with van der Waals surface area (Å²) in [7, 11) is 1.60. The Morgan fingerprint density at radius 1 is 1.08 bits per heavy atom. The van der Waals surface area contributed by atoms with Crippen molar-refractivity contribution in [3.8, 4) is 11.5 Å². The van der Waals surface area contributed by atoms with Crippen LogP contribution in [-0.4, -0.2) is 30.4 Å². The molecule has 4 rings (SSSR count). The second kappa shape index (κ2) is 12.3. The molecule has 1 aliphatic heterocycles. The van der Waals surface area contributed by atoms with Crippen LogP contribution in [0, 0.1) is 0 Å². The standard InChI is InChI=1S/C30H34N2O5S/c1-6-7-8-17-36-24-13-9-21(10-14-24)18-25-28(33)32-27(22-11-15-23(35-5)16-12-22)26(29(34)37-19(2)3)20(4)31-30(32)38-25/h9-16,18-19,27H,6-8,17H2,1-5H3/b25-18+/t27-/m1/s1. The van der Waals surface area contributed by atoms with Gasteiger partial charge in [-0.1, -0.05) is 55.4 Å². The quantitative estimate of drug-likeness (QED) is 0.277. The highest BCUT2D eigenvalue weighted by atomic mass is 32.1. The van der Waals surface area contributed by atoms with Crippen molar-refractivity contribution < 1.29 is 19.0 Å². The Kier molecular flexibility index (Phi) is 8.84. The minimum absolute atomic E-state index is 0.211. The summed E-state index contributed by atoms with van der Waals surface area (Å²) in [5.74, 6) is 1.01. The van der Waals surface area contributed by atoms with Crippen molar-refractivity contribution >= 4 is 23.4 Å². The Bertz CT molecular complexity index is 1480. The molecule has 200 valence electrons. The number of ether oxygens (including phenoxy) is 3. The van der Waals surface area contributed by atoms with E-state index in [2.05, 4.69) is 11.9 Å². The number of allylic oxidation sites excluding steroid dienone is 1. The van der Waals surface area contributed by atoms with Gasteiger partial charge in [-0.2, -0.15) is 0 Å². The molecular formula is C30H34N2O5S. The third-order valence-corrected chi connectivity index (χ3v) is 7.19. The predicted molar refractivity (Wildman–Crippen MR) is 149 cm³/mol. The molecule has 1 atom stereocenters. The summed E-state index contributed by atoms with van der Waals surface area (Å²) >= 11 is 1.30. The first-order valence-corrected chi connectivity index (χ1v) is 13.7. The van der Waals surface area contributed by atoms with Gasteiger partial charge >= 0.3 is 5.97 Å². The van der Waals surface area contributed by atoms with Gasteiger partial charge in [0.1, 0.15) is 11.5 Å². The Balaban J connectivity index is 1.75. The molecule has 0 bridgehead atoms. The highest BCUT2D eigenvalue weighted by Crippen LogP contribution is 2.31. The maximum atomic E-state index is 13.7. The number of thiazole rings is 1. The maximum Gasteiger partial charge on any atom is 0.338 e. The van der Waals surface area contributed by atoms with E-state index in [0.29, 0.717) is 33.0 Å². The summed E-state index contributed by atoms with van der Waals surface area (Å²) in [4.78, 5) is 32.1. The van der Waals surface area contributed by atoms with Crippen molar-refractivity contribution in [2.24, 2.45) is 4.99 Å². The van der Waals surface area contributed by atoms with Gasteiger partial charge in [-0.3, -0.25) is 9.36 Å². The molecule has 0 saturated heterocycles. The predicted octanol–water partition coefficient (Wildman–Crippen LogP) is 4.76. The molecule has 0 fully saturated rings. The van der Waals surface area contributed by atoms with Crippen molar-refractivity contribution in [1.82, 2.24) is 4.57 Å². The summed E-state index contributed by atoms with van der Waals surface area (Å²) in [6.07, 6.45) is 4.87. The fourth-order valence-corrected chi connectivity index (χ4v) is 5.36. The third kappa shape index (κ3) is 6.07. The summed E-state index contributed by atoms with van der Waals surface area (Å²) in [5, 5.41) is 0. The van der Waals surface area contributed by atoms with Crippen molar-refractivity contribution in [2.75, 3.05) is 13.7 Å². The van der Waals surface area contributed by atoms with E-state index in [1.54, 1.807) is 32.4 Å². The number of carbonyl (C=O) groups excluding carboxylic acids is 1. The van der Waals surface area contributed by atoms with E-state index < -0.39 is 12.0 Å². The van der Waals surface area contributed by atoms with Crippen LogP contribution in [0.5, 0.6) is 11.5 Å². The number of hydrogen-bond acceptors (Lipinski definition) is 7. The molecule has 0 unspecified atom stereocenters. The topological polar surface area (TPSA) is 79.1 Å². The first-order chi connectivity index (χ1) is 18.3. The van der Waals surface area contributed by atoms with Gasteiger partial charge < -0.3 is 14.2 Å². The van der Waals surface area contributed by atoms with Crippen LogP contribution in [0.2, 0.25) is 0 Å². The van der Waals surface area contributed by atoms with E-state index in [0.717, 1.165) is 36.1 Å². The van der Waals surface area contributed by atoms with Gasteiger partial charge in [0, 0.05) is 0 Å². The number of benzene rings is 2. The second-order valence-corrected chi connectivity index (χ2v) is 10.4. The van der Waals surface area contributed by atoms with Crippen molar-refractivity contribution in [3.63, 3.8) is 0 Å². The van der Waals surface area contributed by atoms with E-state index in [9.17, 15) is 9.59 Å². The largest absolute Gasteiger partial charge is 0.497 e. The van der Waals surface area contributed by atoms with Crippen LogP contribution >= 0.6 is 11.3 Å². The molecule has 1 aromatic heterocycles. The normalized spacial score (nSPS) is 15.3. The van der Waals surface area contributed by atoms with Gasteiger partial charge in [0.05, 0.1) is 41.7 Å². The van der Waals surface area contributed by atoms with Gasteiger partial charge in [-0.05, 0) is 68.7 Å². The molecule has 0 radical (unpaired) electrons. The monoisotopic (exact) mass is 534 g/mol. The number of unbranched alkanes of at least 4 members (excludes halogenated alkanes) is 2. The third-order valence-electron chi connectivity index (χ3n) is 6.21. The molecule has 0 saturated carbocycles. The molecule has 0 N–H and O–H groups in total. The summed E-state index contributed by atoms with van der Waals surface area (Å²) in [6.45, 7) is 8.24. The molecule has 3 aromatic rings. The van der Waals surface area contributed by atoms with Crippen molar-refractivity contribution in [3.05, 3.63) is 90.6 Å². The lowest BCUT2D eigenvalue weighted by atomic mass is 9.96. The van der Waals surface area contributed by atoms with Crippen LogP contribution < -0.4 is 24.4 Å². The number of methoxy groups -OCH3 is 1. The van der Waals surface area contributed by atoms with E-state index in [1.165, 1.54) is 11.3 Å². The van der Waals surface area contributed by atoms with Crippen LogP contribution in [0.3, 0.4) is 0 Å². The first-order valence-electron chi connectivity index (χ1n) is 12.9. The van der Waals surface area contributed by atoms with Gasteiger partial charge in [0.25, 0.3) is 5.56 Å². The maximum absolute atomic E-state index is 13.7. The Morgan fingerprint density at radius 3 is 2.39 bits per heavy atom. The average Bonchev–Trinajstić information content (AvgIpc) is 3.20. The van der Waals surface area contributed by atoms with E-state index >= 15 is 0 Å². The number of esters is 1. The molecule has 1 aliphatic rings. The number of nitrogens with zero attached hydrogens (tertiary/aromatic N) is 2. The zero-order valence-corrected chi connectivity index (χ0v) is 23.3. The Hall–Kier alpha value is -3.65. The number of aromatic nitrogens is 1. The lowest BCUT2D eigenvalue weighted by Crippen LogP contribution is -2.40. The minimum Gasteiger partial charge on any atom is -0.497 e. The average molecular weight is 535 g/mol. The summed E-state index contributed by atoms with van der Waals surface area (Å²) < 4.78 is 18.8. The van der Waals surface area contributed by atoms with Gasteiger partial charge in [-0.15, -0.1) is 0 Å². The molecule has 0 amide bonds. The number of rotatable bonds is 10. The SMILES string of the molecule is CCCCCOc1ccc(/C=c2/sc3n(c2=O)[C@H](c2ccc(OC)cc2)C(C(=O)OC(C)C)=C(C)N=3)cc1. The van der Waals surface area contributed by atoms with Crippen LogP contribution in [0.1, 0.15) is 64.1 Å². The zero-order valence-electron chi connectivity index (χ0n) is 22.5. The highest BCUT2D eigenvalue weighted by Gasteiger charge is 2.33. The lowest BCUT2D eigenvalue weighted by Gasteiger charge is -2.25. The molecular weight excluding hydrogens is 500 g/mol. The summed E-state index contributed by atoms with van der Waals surface area (Å²) in [5.41, 5.74) is 2.33. The number of carbonyl (C=O) groups is 1. The van der Waals surface area contributed by atoms with E-state index in [-0.39, 0.29) is 11.7 Å². The lowest BCUT2D eigenvalue weighted by molar-refractivity contribution is -0.143. The van der Waals surface area contributed by atoms with E-state index in [4.69, 9.17) is 14.2 Å². The van der Waals surface area contributed by atoms with Crippen LogP contribution in [-0.2, 0) is 9.53 Å². The highest BCUT2D eigenvalue weighted by molar-refractivity contribution is 7.07. The van der Waals surface area contributed by atoms with Crippen LogP contribution in [0.15, 0.2) is 69.6 Å². The Morgan fingerprint density at radius 2 is 1.76 bits per heavy atom. The van der Waals surface area contributed by atoms with Crippen molar-refractivity contribution in [2.45, 2.75) is 59.1 Å². The molecule has 7 nitrogen and oxygen atoms in total. The fourth-order valence-electron chi connectivity index (χ4n) is 4.32. The molecule has 8 heteroatoms. The van der Waals surface area contributed by atoms with Gasteiger partial charge in [0.2, 0.25) is 0 Å². The van der Waals surface area contributed by atoms with Crippen molar-refractivity contribution in [1.29, 1.82) is 0 Å². The number of fused-ring (bicyclic) bond motifs is 1. The van der Waals surface area contributed by atoms with Gasteiger partial charge in [0.15, 0.2) is 4.80 Å². The molecule has 0 aliphatic carbocycles. The minimum atomic E-state index is -0.663. The Labute approximate surface area is 226 Å². The number of hydrogen-bond donors (Lipinski definition) is 0. The molecule has 38 heavy (non-hydrogen) atoms. The molecule has 2 heterocycles. The fraction of sp³-hybridized carbons (Fsp3) is 0.367. The zero-order chi connectivity index (χ0) is 27.2. The molecule has 0 spiro atoms. The van der Waals surface area contributed by atoms with Crippen LogP contribution in [0.25, 0.3) is 6.08 Å². The smallest absolute Gasteiger partial charge is 0.338 e. The molecule has 2 aromatic carbocycles. The second-order valence-electron chi connectivity index (χ2n) is 9.43. The van der Waals surface area contributed by atoms with Gasteiger partial charge in [-0.25, -0.2) is 9.79 Å². The van der Waals surface area contributed by atoms with Crippen LogP contribution in [0.4, 0.5) is 0 Å². The first kappa shape index (κ1) is 27.4.